The van der Waals surface area contributed by atoms with Gasteiger partial charge in [-0.25, -0.2) is 0 Å². The van der Waals surface area contributed by atoms with Crippen LogP contribution in [0, 0.1) is 0 Å². The molecule has 2 amide bonds. The molecular formula is C21H26N2O3. The third-order valence-electron chi connectivity index (χ3n) is 3.88. The van der Waals surface area contributed by atoms with E-state index in [1.807, 2.05) is 24.3 Å². The summed E-state index contributed by atoms with van der Waals surface area (Å²) >= 11 is 0. The van der Waals surface area contributed by atoms with Crippen LogP contribution in [-0.2, 0) is 15.0 Å². The second-order valence-electron chi connectivity index (χ2n) is 7.28. The standard InChI is InChI=1S/C21H26N2O3/c1-14(26-19-12-6-16(7-13-19)21(3,4)5)20(25)23-18-10-8-17(9-11-18)22-15(2)24/h6-14H,1-5H3,(H,22,24)(H,23,25). The van der Waals surface area contributed by atoms with Gasteiger partial charge in [0.05, 0.1) is 0 Å². The highest BCUT2D eigenvalue weighted by Crippen LogP contribution is 2.24. The highest BCUT2D eigenvalue weighted by atomic mass is 16.5. The first-order chi connectivity index (χ1) is 12.1. The molecule has 2 rings (SSSR count). The number of carbonyl (C=O) groups is 2. The van der Waals surface area contributed by atoms with Crippen LogP contribution in [0.2, 0.25) is 0 Å². The summed E-state index contributed by atoms with van der Waals surface area (Å²) in [5.74, 6) is 0.278. The number of nitrogens with one attached hydrogen (secondary N) is 2. The molecule has 0 radical (unpaired) electrons. The maximum Gasteiger partial charge on any atom is 0.265 e. The molecule has 0 bridgehead atoms. The molecule has 0 aromatic heterocycles. The Labute approximate surface area is 154 Å². The first-order valence-electron chi connectivity index (χ1n) is 8.61. The lowest BCUT2D eigenvalue weighted by Crippen LogP contribution is -2.30. The van der Waals surface area contributed by atoms with Gasteiger partial charge >= 0.3 is 0 Å². The predicted octanol–water partition coefficient (Wildman–Crippen LogP) is 4.35. The first-order valence-corrected chi connectivity index (χ1v) is 8.61. The van der Waals surface area contributed by atoms with Gasteiger partial charge in [0.15, 0.2) is 6.10 Å². The van der Waals surface area contributed by atoms with Crippen LogP contribution in [0.4, 0.5) is 11.4 Å². The monoisotopic (exact) mass is 354 g/mol. The van der Waals surface area contributed by atoms with Gasteiger partial charge < -0.3 is 15.4 Å². The summed E-state index contributed by atoms with van der Waals surface area (Å²) in [6.45, 7) is 9.60. The maximum atomic E-state index is 12.3. The fourth-order valence-electron chi connectivity index (χ4n) is 2.38. The molecule has 1 atom stereocenters. The highest BCUT2D eigenvalue weighted by molar-refractivity contribution is 5.94. The zero-order chi connectivity index (χ0) is 19.3. The molecule has 5 nitrogen and oxygen atoms in total. The van der Waals surface area contributed by atoms with E-state index in [9.17, 15) is 9.59 Å². The van der Waals surface area contributed by atoms with Crippen molar-refractivity contribution >= 4 is 23.2 Å². The Morgan fingerprint density at radius 3 is 1.85 bits per heavy atom. The van der Waals surface area contributed by atoms with Crippen LogP contribution >= 0.6 is 0 Å². The van der Waals surface area contributed by atoms with Gasteiger partial charge in [-0.3, -0.25) is 9.59 Å². The molecule has 2 aromatic carbocycles. The molecule has 0 saturated heterocycles. The third-order valence-corrected chi connectivity index (χ3v) is 3.88. The van der Waals surface area contributed by atoms with Crippen molar-refractivity contribution in [2.45, 2.75) is 46.1 Å². The Hall–Kier alpha value is -2.82. The van der Waals surface area contributed by atoms with Gasteiger partial charge in [-0.1, -0.05) is 32.9 Å². The minimum absolute atomic E-state index is 0.0743. The summed E-state index contributed by atoms with van der Waals surface area (Å²) in [6, 6.07) is 14.7. The molecule has 0 saturated carbocycles. The van der Waals surface area contributed by atoms with Crippen LogP contribution in [0.15, 0.2) is 48.5 Å². The van der Waals surface area contributed by atoms with Gasteiger partial charge in [0.25, 0.3) is 5.91 Å². The fourth-order valence-corrected chi connectivity index (χ4v) is 2.38. The van der Waals surface area contributed by atoms with E-state index >= 15 is 0 Å². The van der Waals surface area contributed by atoms with Crippen molar-refractivity contribution in [3.63, 3.8) is 0 Å². The Balaban J connectivity index is 1.94. The molecule has 2 N–H and O–H groups in total. The van der Waals surface area contributed by atoms with Crippen molar-refractivity contribution in [1.82, 2.24) is 0 Å². The number of benzene rings is 2. The van der Waals surface area contributed by atoms with E-state index in [-0.39, 0.29) is 17.2 Å². The van der Waals surface area contributed by atoms with Gasteiger partial charge in [-0.15, -0.1) is 0 Å². The summed E-state index contributed by atoms with van der Waals surface area (Å²) in [5.41, 5.74) is 2.60. The first kappa shape index (κ1) is 19.5. The van der Waals surface area contributed by atoms with Gasteiger partial charge in [-0.05, 0) is 54.3 Å². The van der Waals surface area contributed by atoms with Crippen LogP contribution in [0.1, 0.15) is 40.2 Å². The quantitative estimate of drug-likeness (QED) is 0.839. The van der Waals surface area contributed by atoms with Crippen LogP contribution in [0.25, 0.3) is 0 Å². The lowest BCUT2D eigenvalue weighted by molar-refractivity contribution is -0.122. The van der Waals surface area contributed by atoms with E-state index in [1.165, 1.54) is 12.5 Å². The Bertz CT molecular complexity index is 759. The number of hydrogen-bond acceptors (Lipinski definition) is 3. The SMILES string of the molecule is CC(=O)Nc1ccc(NC(=O)C(C)Oc2ccc(C(C)(C)C)cc2)cc1. The number of ether oxygens (including phenoxy) is 1. The van der Waals surface area contributed by atoms with Crippen LogP contribution in [0.3, 0.4) is 0 Å². The molecule has 26 heavy (non-hydrogen) atoms. The average molecular weight is 354 g/mol. The van der Waals surface area contributed by atoms with Crippen LogP contribution in [0.5, 0.6) is 5.75 Å². The second-order valence-corrected chi connectivity index (χ2v) is 7.28. The fraction of sp³-hybridized carbons (Fsp3) is 0.333. The van der Waals surface area contributed by atoms with E-state index in [2.05, 4.69) is 31.4 Å². The molecule has 2 aromatic rings. The van der Waals surface area contributed by atoms with Crippen molar-refractivity contribution in [1.29, 1.82) is 0 Å². The smallest absolute Gasteiger partial charge is 0.265 e. The lowest BCUT2D eigenvalue weighted by Gasteiger charge is -2.20. The van der Waals surface area contributed by atoms with Crippen molar-refractivity contribution in [2.24, 2.45) is 0 Å². The lowest BCUT2D eigenvalue weighted by atomic mass is 9.87. The molecule has 5 heteroatoms. The summed E-state index contributed by atoms with van der Waals surface area (Å²) in [6.07, 6.45) is -0.634. The molecule has 0 fully saturated rings. The summed E-state index contributed by atoms with van der Waals surface area (Å²) in [4.78, 5) is 23.3. The normalized spacial score (nSPS) is 12.2. The molecule has 0 aliphatic carbocycles. The molecule has 0 aliphatic heterocycles. The predicted molar refractivity (Wildman–Crippen MR) is 105 cm³/mol. The third kappa shape index (κ3) is 5.62. The highest BCUT2D eigenvalue weighted by Gasteiger charge is 2.16. The van der Waals surface area contributed by atoms with Gasteiger partial charge in [-0.2, -0.15) is 0 Å². The van der Waals surface area contributed by atoms with Crippen molar-refractivity contribution in [3.05, 3.63) is 54.1 Å². The van der Waals surface area contributed by atoms with E-state index in [0.29, 0.717) is 17.1 Å². The zero-order valence-corrected chi connectivity index (χ0v) is 15.9. The van der Waals surface area contributed by atoms with Crippen molar-refractivity contribution in [3.8, 4) is 5.75 Å². The van der Waals surface area contributed by atoms with Crippen molar-refractivity contribution < 1.29 is 14.3 Å². The number of hydrogen-bond donors (Lipinski definition) is 2. The Morgan fingerprint density at radius 1 is 0.885 bits per heavy atom. The Kier molecular flexibility index (Phi) is 6.03. The molecule has 0 aliphatic rings. The average Bonchev–Trinajstić information content (AvgIpc) is 2.55. The summed E-state index contributed by atoms with van der Waals surface area (Å²) < 4.78 is 5.72. The number of carbonyl (C=O) groups excluding carboxylic acids is 2. The van der Waals surface area contributed by atoms with E-state index < -0.39 is 6.10 Å². The van der Waals surface area contributed by atoms with Crippen molar-refractivity contribution in [2.75, 3.05) is 10.6 Å². The molecule has 0 heterocycles. The number of amides is 2. The molecule has 0 spiro atoms. The Morgan fingerprint density at radius 2 is 1.38 bits per heavy atom. The molecule has 1 unspecified atom stereocenters. The molecular weight excluding hydrogens is 328 g/mol. The largest absolute Gasteiger partial charge is 0.481 e. The van der Waals surface area contributed by atoms with E-state index in [4.69, 9.17) is 4.74 Å². The second kappa shape index (κ2) is 8.04. The maximum absolute atomic E-state index is 12.3. The van der Waals surface area contributed by atoms with E-state index in [1.54, 1.807) is 31.2 Å². The van der Waals surface area contributed by atoms with Gasteiger partial charge in [0.1, 0.15) is 5.75 Å². The van der Waals surface area contributed by atoms with Crippen LogP contribution in [-0.4, -0.2) is 17.9 Å². The number of rotatable bonds is 5. The summed E-state index contributed by atoms with van der Waals surface area (Å²) in [7, 11) is 0. The molecule has 138 valence electrons. The topological polar surface area (TPSA) is 67.4 Å². The minimum Gasteiger partial charge on any atom is -0.481 e. The zero-order valence-electron chi connectivity index (χ0n) is 15.9. The van der Waals surface area contributed by atoms with Crippen LogP contribution < -0.4 is 15.4 Å². The number of anilines is 2. The van der Waals surface area contributed by atoms with Gasteiger partial charge in [0, 0.05) is 18.3 Å². The summed E-state index contributed by atoms with van der Waals surface area (Å²) in [5, 5.41) is 5.48. The van der Waals surface area contributed by atoms with E-state index in [0.717, 1.165) is 0 Å². The van der Waals surface area contributed by atoms with Gasteiger partial charge in [0.2, 0.25) is 5.91 Å². The minimum atomic E-state index is -0.634.